The molecule has 2 aromatic heterocycles. The molecule has 0 radical (unpaired) electrons. The Morgan fingerprint density at radius 3 is 2.77 bits per heavy atom. The number of nitrogens with zero attached hydrogens (tertiary/aromatic N) is 4. The van der Waals surface area contributed by atoms with Gasteiger partial charge < -0.3 is 19.7 Å². The van der Waals surface area contributed by atoms with Gasteiger partial charge in [-0.1, -0.05) is 12.1 Å². The van der Waals surface area contributed by atoms with Gasteiger partial charge in [0.15, 0.2) is 0 Å². The normalized spacial score (nSPS) is 17.6. The van der Waals surface area contributed by atoms with Crippen molar-refractivity contribution in [3.8, 4) is 5.75 Å². The van der Waals surface area contributed by atoms with Gasteiger partial charge in [-0.3, -0.25) is 9.69 Å². The van der Waals surface area contributed by atoms with Gasteiger partial charge in [-0.05, 0) is 49.4 Å². The van der Waals surface area contributed by atoms with E-state index in [4.69, 9.17) is 9.47 Å². The number of carbonyl (C=O) groups is 1. The van der Waals surface area contributed by atoms with Crippen LogP contribution in [0.25, 0.3) is 10.2 Å². The highest BCUT2D eigenvalue weighted by atomic mass is 32.1. The Morgan fingerprint density at radius 2 is 2.00 bits per heavy atom. The van der Waals surface area contributed by atoms with Crippen LogP contribution in [0.5, 0.6) is 5.75 Å². The summed E-state index contributed by atoms with van der Waals surface area (Å²) >= 11 is 1.48. The van der Waals surface area contributed by atoms with Crippen molar-refractivity contribution < 1.29 is 14.3 Å². The van der Waals surface area contributed by atoms with Crippen LogP contribution in [0, 0.1) is 6.92 Å². The molecular weight excluding hydrogens is 462 g/mol. The summed E-state index contributed by atoms with van der Waals surface area (Å²) in [6, 6.07) is 8.64. The van der Waals surface area contributed by atoms with Gasteiger partial charge in [0.2, 0.25) is 0 Å². The van der Waals surface area contributed by atoms with Crippen molar-refractivity contribution in [3.05, 3.63) is 46.6 Å². The van der Waals surface area contributed by atoms with Crippen LogP contribution in [0.1, 0.15) is 33.6 Å². The number of carbonyl (C=O) groups excluding carboxylic acids is 1. The number of likely N-dealkylation sites (tertiary alicyclic amines) is 1. The predicted molar refractivity (Wildman–Crippen MR) is 139 cm³/mol. The third-order valence-corrected chi connectivity index (χ3v) is 8.26. The van der Waals surface area contributed by atoms with Gasteiger partial charge >= 0.3 is 0 Å². The van der Waals surface area contributed by atoms with Crippen molar-refractivity contribution in [3.63, 3.8) is 0 Å². The molecule has 0 aliphatic carbocycles. The highest BCUT2D eigenvalue weighted by Crippen LogP contribution is 2.34. The van der Waals surface area contributed by atoms with E-state index in [9.17, 15) is 4.79 Å². The average molecular weight is 496 g/mol. The lowest BCUT2D eigenvalue weighted by Crippen LogP contribution is -2.50. The summed E-state index contributed by atoms with van der Waals surface area (Å²) in [5.74, 6) is 1.77. The molecule has 5 rings (SSSR count). The number of morpholine rings is 1. The molecule has 2 aliphatic heterocycles. The first-order chi connectivity index (χ1) is 17.1. The molecule has 0 bridgehead atoms. The van der Waals surface area contributed by atoms with Crippen LogP contribution >= 0.6 is 11.3 Å². The van der Waals surface area contributed by atoms with E-state index in [-0.39, 0.29) is 5.91 Å². The molecule has 186 valence electrons. The van der Waals surface area contributed by atoms with Gasteiger partial charge in [0, 0.05) is 38.8 Å². The average Bonchev–Trinajstić information content (AvgIpc) is 3.26. The first-order valence-corrected chi connectivity index (χ1v) is 13.2. The second-order valence-corrected chi connectivity index (χ2v) is 10.2. The van der Waals surface area contributed by atoms with Crippen molar-refractivity contribution in [2.75, 3.05) is 58.4 Å². The second kappa shape index (κ2) is 10.9. The fourth-order valence-electron chi connectivity index (χ4n) is 5.08. The summed E-state index contributed by atoms with van der Waals surface area (Å²) in [7, 11) is 1.68. The predicted octanol–water partition coefficient (Wildman–Crippen LogP) is 3.60. The largest absolute Gasteiger partial charge is 0.497 e. The fourth-order valence-corrected chi connectivity index (χ4v) is 6.20. The molecule has 0 spiro atoms. The van der Waals surface area contributed by atoms with Crippen LogP contribution in [0.2, 0.25) is 0 Å². The number of ether oxygens (including phenoxy) is 2. The number of rotatable bonds is 7. The van der Waals surface area contributed by atoms with E-state index >= 15 is 0 Å². The van der Waals surface area contributed by atoms with Crippen LogP contribution in [0.3, 0.4) is 0 Å². The molecule has 35 heavy (non-hydrogen) atoms. The molecule has 4 heterocycles. The Kier molecular flexibility index (Phi) is 7.46. The maximum absolute atomic E-state index is 13.5. The number of aryl methyl sites for hydroxylation is 1. The summed E-state index contributed by atoms with van der Waals surface area (Å²) in [5.41, 5.74) is 2.16. The SMILES string of the molecule is COc1cccc(CCNc2ncnc3sc(C(=O)N4CCC(N5CCOCC5)CC4)c(C)c23)c1. The summed E-state index contributed by atoms with van der Waals surface area (Å²) in [4.78, 5) is 28.6. The lowest BCUT2D eigenvalue weighted by atomic mass is 10.0. The van der Waals surface area contributed by atoms with Crippen molar-refractivity contribution in [1.29, 1.82) is 0 Å². The number of piperidine rings is 1. The maximum Gasteiger partial charge on any atom is 0.264 e. The highest BCUT2D eigenvalue weighted by Gasteiger charge is 2.30. The monoisotopic (exact) mass is 495 g/mol. The molecule has 2 aliphatic rings. The van der Waals surface area contributed by atoms with Gasteiger partial charge in [-0.2, -0.15) is 0 Å². The Hall–Kier alpha value is -2.75. The molecule has 0 unspecified atom stereocenters. The number of fused-ring (bicyclic) bond motifs is 1. The van der Waals surface area contributed by atoms with Crippen LogP contribution < -0.4 is 10.1 Å². The number of thiophene rings is 1. The van der Waals surface area contributed by atoms with Crippen molar-refractivity contribution in [2.24, 2.45) is 0 Å². The summed E-state index contributed by atoms with van der Waals surface area (Å²) in [5, 5.41) is 4.42. The Morgan fingerprint density at radius 1 is 1.20 bits per heavy atom. The molecule has 8 nitrogen and oxygen atoms in total. The standard InChI is InChI=1S/C26H33N5O3S/c1-18-22-24(27-9-6-19-4-3-5-21(16-19)33-2)28-17-29-25(22)35-23(18)26(32)31-10-7-20(8-11-31)30-12-14-34-15-13-30/h3-5,16-17,20H,6-15H2,1-2H3,(H,27,28,29). The summed E-state index contributed by atoms with van der Waals surface area (Å²) in [6.45, 7) is 7.97. The number of anilines is 1. The summed E-state index contributed by atoms with van der Waals surface area (Å²) < 4.78 is 10.8. The third-order valence-electron chi connectivity index (χ3n) is 7.08. The third kappa shape index (κ3) is 5.27. The van der Waals surface area contributed by atoms with Gasteiger partial charge in [0.1, 0.15) is 22.7 Å². The molecular formula is C26H33N5O3S. The zero-order chi connectivity index (χ0) is 24.2. The smallest absolute Gasteiger partial charge is 0.264 e. The van der Waals surface area contributed by atoms with Crippen LogP contribution in [-0.4, -0.2) is 84.8 Å². The van der Waals surface area contributed by atoms with Gasteiger partial charge in [0.25, 0.3) is 5.91 Å². The van der Waals surface area contributed by atoms with E-state index in [1.165, 1.54) is 16.9 Å². The Bertz CT molecular complexity index is 1170. The highest BCUT2D eigenvalue weighted by molar-refractivity contribution is 7.20. The Balaban J connectivity index is 1.25. The zero-order valence-electron chi connectivity index (χ0n) is 20.5. The van der Waals surface area contributed by atoms with E-state index < -0.39 is 0 Å². The minimum Gasteiger partial charge on any atom is -0.497 e. The number of nitrogens with one attached hydrogen (secondary N) is 1. The van der Waals surface area contributed by atoms with E-state index in [0.29, 0.717) is 6.04 Å². The van der Waals surface area contributed by atoms with Crippen molar-refractivity contribution in [1.82, 2.24) is 19.8 Å². The fraction of sp³-hybridized carbons (Fsp3) is 0.500. The van der Waals surface area contributed by atoms with E-state index in [1.807, 2.05) is 30.0 Å². The Labute approximate surface area is 210 Å². The first kappa shape index (κ1) is 24.0. The lowest BCUT2D eigenvalue weighted by molar-refractivity contribution is 0.00163. The molecule has 2 saturated heterocycles. The van der Waals surface area contributed by atoms with Crippen LogP contribution in [0.4, 0.5) is 5.82 Å². The van der Waals surface area contributed by atoms with E-state index in [0.717, 1.165) is 97.4 Å². The van der Waals surface area contributed by atoms with E-state index in [2.05, 4.69) is 26.3 Å². The van der Waals surface area contributed by atoms with Gasteiger partial charge in [-0.25, -0.2) is 9.97 Å². The minimum atomic E-state index is 0.119. The number of hydrogen-bond donors (Lipinski definition) is 1. The molecule has 2 fully saturated rings. The molecule has 3 aromatic rings. The lowest BCUT2D eigenvalue weighted by Gasteiger charge is -2.40. The molecule has 1 amide bonds. The van der Waals surface area contributed by atoms with Crippen molar-refractivity contribution >= 4 is 33.3 Å². The van der Waals surface area contributed by atoms with Crippen LogP contribution in [-0.2, 0) is 11.2 Å². The van der Waals surface area contributed by atoms with E-state index in [1.54, 1.807) is 13.4 Å². The number of hydrogen-bond acceptors (Lipinski definition) is 8. The topological polar surface area (TPSA) is 79.8 Å². The van der Waals surface area contributed by atoms with Crippen LogP contribution in [0.15, 0.2) is 30.6 Å². The van der Waals surface area contributed by atoms with Gasteiger partial charge in [0.05, 0.1) is 30.6 Å². The molecule has 1 N–H and O–H groups in total. The molecule has 9 heteroatoms. The molecule has 0 atom stereocenters. The van der Waals surface area contributed by atoms with Crippen molar-refractivity contribution in [2.45, 2.75) is 32.2 Å². The molecule has 0 saturated carbocycles. The number of amides is 1. The zero-order valence-corrected chi connectivity index (χ0v) is 21.3. The molecule has 1 aromatic carbocycles. The quantitative estimate of drug-likeness (QED) is 0.536. The van der Waals surface area contributed by atoms with Gasteiger partial charge in [-0.15, -0.1) is 11.3 Å². The number of aromatic nitrogens is 2. The summed E-state index contributed by atoms with van der Waals surface area (Å²) in [6.07, 6.45) is 4.46. The first-order valence-electron chi connectivity index (χ1n) is 12.4. The second-order valence-electron chi connectivity index (χ2n) is 9.16. The number of benzene rings is 1. The maximum atomic E-state index is 13.5. The number of methoxy groups -OCH3 is 1. The minimum absolute atomic E-state index is 0.119.